The van der Waals surface area contributed by atoms with E-state index >= 15 is 0 Å². The second kappa shape index (κ2) is 7.51. The second-order valence-electron chi connectivity index (χ2n) is 4.58. The van der Waals surface area contributed by atoms with Gasteiger partial charge in [-0.05, 0) is 30.5 Å². The van der Waals surface area contributed by atoms with Crippen LogP contribution in [0.5, 0.6) is 5.75 Å². The van der Waals surface area contributed by atoms with Crippen LogP contribution in [0.1, 0.15) is 34.1 Å². The van der Waals surface area contributed by atoms with Crippen molar-refractivity contribution >= 4 is 29.0 Å². The molecule has 0 aliphatic carbocycles. The normalized spacial score (nSPS) is 10.0. The predicted molar refractivity (Wildman–Crippen MR) is 83.4 cm³/mol. The summed E-state index contributed by atoms with van der Waals surface area (Å²) in [5.74, 6) is -0.457. The molecule has 1 heterocycles. The molecule has 6 heteroatoms. The molecule has 2 aromatic rings. The van der Waals surface area contributed by atoms with E-state index in [0.717, 1.165) is 0 Å². The van der Waals surface area contributed by atoms with Crippen molar-refractivity contribution in [3.63, 3.8) is 0 Å². The number of ether oxygens (including phenoxy) is 1. The van der Waals surface area contributed by atoms with E-state index < -0.39 is 5.97 Å². The third-order valence-electron chi connectivity index (χ3n) is 2.87. The molecule has 0 atom stereocenters. The lowest BCUT2D eigenvalue weighted by atomic mass is 10.1. The van der Waals surface area contributed by atoms with Gasteiger partial charge in [-0.2, -0.15) is 11.3 Å². The van der Waals surface area contributed by atoms with Gasteiger partial charge in [-0.1, -0.05) is 12.1 Å². The fraction of sp³-hybridized carbons (Fsp3) is 0.188. The van der Waals surface area contributed by atoms with Crippen LogP contribution in [-0.4, -0.2) is 24.2 Å². The highest BCUT2D eigenvalue weighted by Crippen LogP contribution is 2.14. The van der Waals surface area contributed by atoms with Gasteiger partial charge < -0.3 is 10.1 Å². The van der Waals surface area contributed by atoms with E-state index in [-0.39, 0.29) is 24.7 Å². The molecule has 0 aliphatic rings. The smallest absolute Gasteiger partial charge is 0.312 e. The van der Waals surface area contributed by atoms with Crippen LogP contribution in [0.15, 0.2) is 41.1 Å². The lowest BCUT2D eigenvalue weighted by molar-refractivity contribution is -0.134. The van der Waals surface area contributed by atoms with Crippen molar-refractivity contribution < 1.29 is 19.1 Å². The molecule has 0 saturated carbocycles. The Bertz CT molecular complexity index is 679. The van der Waals surface area contributed by atoms with Crippen LogP contribution in [0.3, 0.4) is 0 Å². The Balaban J connectivity index is 1.79. The van der Waals surface area contributed by atoms with E-state index in [4.69, 9.17) is 4.74 Å². The van der Waals surface area contributed by atoms with Gasteiger partial charge in [-0.25, -0.2) is 0 Å². The maximum Gasteiger partial charge on any atom is 0.312 e. The average molecular weight is 317 g/mol. The van der Waals surface area contributed by atoms with Crippen molar-refractivity contribution in [2.24, 2.45) is 0 Å². The van der Waals surface area contributed by atoms with Crippen LogP contribution < -0.4 is 10.1 Å². The lowest BCUT2D eigenvalue weighted by Gasteiger charge is -2.06. The average Bonchev–Trinajstić information content (AvgIpc) is 3.01. The predicted octanol–water partition coefficient (Wildman–Crippen LogP) is 2.68. The first-order chi connectivity index (χ1) is 10.6. The Morgan fingerprint density at radius 1 is 1.18 bits per heavy atom. The molecular weight excluding hydrogens is 302 g/mol. The van der Waals surface area contributed by atoms with Crippen LogP contribution in [-0.2, 0) is 4.79 Å². The molecule has 2 rings (SSSR count). The van der Waals surface area contributed by atoms with E-state index in [1.165, 1.54) is 24.3 Å². The zero-order valence-corrected chi connectivity index (χ0v) is 12.8. The number of carbonyl (C=O) groups excluding carboxylic acids is 3. The number of hydrogen-bond donors (Lipinski definition) is 1. The minimum atomic E-state index is -0.466. The van der Waals surface area contributed by atoms with Gasteiger partial charge in [0.15, 0.2) is 5.78 Å². The lowest BCUT2D eigenvalue weighted by Crippen LogP contribution is -2.26. The first-order valence-electron chi connectivity index (χ1n) is 6.68. The summed E-state index contributed by atoms with van der Waals surface area (Å²) in [7, 11) is 0. The summed E-state index contributed by atoms with van der Waals surface area (Å²) in [6.45, 7) is 1.64. The van der Waals surface area contributed by atoms with Crippen LogP contribution in [0.4, 0.5) is 0 Å². The number of amides is 1. The van der Waals surface area contributed by atoms with E-state index in [1.807, 2.05) is 5.38 Å². The van der Waals surface area contributed by atoms with Gasteiger partial charge in [0, 0.05) is 23.1 Å². The molecule has 114 valence electrons. The van der Waals surface area contributed by atoms with Crippen LogP contribution >= 0.6 is 11.3 Å². The van der Waals surface area contributed by atoms with Crippen molar-refractivity contribution in [1.82, 2.24) is 5.32 Å². The molecule has 1 amide bonds. The van der Waals surface area contributed by atoms with Crippen LogP contribution in [0.25, 0.3) is 0 Å². The minimum absolute atomic E-state index is 0.0557. The first-order valence-corrected chi connectivity index (χ1v) is 7.62. The number of thiophene rings is 1. The van der Waals surface area contributed by atoms with E-state index in [0.29, 0.717) is 16.9 Å². The molecule has 0 unspecified atom stereocenters. The Morgan fingerprint density at radius 2 is 2.00 bits per heavy atom. The van der Waals surface area contributed by atoms with Crippen molar-refractivity contribution in [2.45, 2.75) is 13.3 Å². The third-order valence-corrected chi connectivity index (χ3v) is 3.55. The van der Waals surface area contributed by atoms with E-state index in [1.54, 1.807) is 29.6 Å². The zero-order chi connectivity index (χ0) is 15.9. The third kappa shape index (κ3) is 4.53. The molecule has 1 N–H and O–H groups in total. The summed E-state index contributed by atoms with van der Waals surface area (Å²) in [4.78, 5) is 34.6. The van der Waals surface area contributed by atoms with Crippen LogP contribution in [0.2, 0.25) is 0 Å². The fourth-order valence-electron chi connectivity index (χ4n) is 1.73. The molecular formula is C16H15NO4S. The second-order valence-corrected chi connectivity index (χ2v) is 5.36. The van der Waals surface area contributed by atoms with Gasteiger partial charge in [-0.15, -0.1) is 0 Å². The van der Waals surface area contributed by atoms with Gasteiger partial charge >= 0.3 is 5.97 Å². The Morgan fingerprint density at radius 3 is 2.68 bits per heavy atom. The van der Waals surface area contributed by atoms with Gasteiger partial charge in [-0.3, -0.25) is 14.4 Å². The number of Topliss-reactive ketones (excluding diaryl/α,β-unsaturated/α-hetero) is 1. The minimum Gasteiger partial charge on any atom is -0.426 e. The number of benzene rings is 1. The molecule has 1 aromatic carbocycles. The molecule has 0 radical (unpaired) electrons. The number of hydrogen-bond acceptors (Lipinski definition) is 5. The summed E-state index contributed by atoms with van der Waals surface area (Å²) in [6.07, 6.45) is 0.0557. The summed E-state index contributed by atoms with van der Waals surface area (Å²) in [5, 5.41) is 6.19. The SMILES string of the molecule is CC(=O)c1cccc(OC(=O)CCNC(=O)c2ccsc2)c1. The number of rotatable bonds is 6. The number of ketones is 1. The molecule has 0 fully saturated rings. The summed E-state index contributed by atoms with van der Waals surface area (Å²) < 4.78 is 5.14. The standard InChI is InChI=1S/C16H15NO4S/c1-11(18)12-3-2-4-14(9-12)21-15(19)5-7-17-16(20)13-6-8-22-10-13/h2-4,6,8-10H,5,7H2,1H3,(H,17,20). The number of carbonyl (C=O) groups is 3. The summed E-state index contributed by atoms with van der Waals surface area (Å²) >= 11 is 1.43. The summed E-state index contributed by atoms with van der Waals surface area (Å²) in [5.41, 5.74) is 1.06. The summed E-state index contributed by atoms with van der Waals surface area (Å²) in [6, 6.07) is 8.14. The maximum atomic E-state index is 11.7. The molecule has 0 spiro atoms. The topological polar surface area (TPSA) is 72.5 Å². The van der Waals surface area contributed by atoms with Crippen molar-refractivity contribution in [3.8, 4) is 5.75 Å². The van der Waals surface area contributed by atoms with Crippen molar-refractivity contribution in [3.05, 3.63) is 52.2 Å². The number of esters is 1. The molecule has 22 heavy (non-hydrogen) atoms. The molecule has 0 aliphatic heterocycles. The van der Waals surface area contributed by atoms with Crippen molar-refractivity contribution in [2.75, 3.05) is 6.54 Å². The van der Waals surface area contributed by atoms with Crippen LogP contribution in [0, 0.1) is 0 Å². The molecule has 5 nitrogen and oxygen atoms in total. The molecule has 1 aromatic heterocycles. The Labute approximate surface area is 131 Å². The highest BCUT2D eigenvalue weighted by atomic mass is 32.1. The Kier molecular flexibility index (Phi) is 5.43. The van der Waals surface area contributed by atoms with Crippen molar-refractivity contribution in [1.29, 1.82) is 0 Å². The highest BCUT2D eigenvalue weighted by molar-refractivity contribution is 7.08. The maximum absolute atomic E-state index is 11.7. The van der Waals surface area contributed by atoms with E-state index in [9.17, 15) is 14.4 Å². The van der Waals surface area contributed by atoms with Gasteiger partial charge in [0.1, 0.15) is 5.75 Å². The van der Waals surface area contributed by atoms with Gasteiger partial charge in [0.05, 0.1) is 6.42 Å². The monoisotopic (exact) mass is 317 g/mol. The Hall–Kier alpha value is -2.47. The van der Waals surface area contributed by atoms with E-state index in [2.05, 4.69) is 5.32 Å². The quantitative estimate of drug-likeness (QED) is 0.505. The largest absolute Gasteiger partial charge is 0.426 e. The molecule has 0 saturated heterocycles. The van der Waals surface area contributed by atoms with Gasteiger partial charge in [0.25, 0.3) is 5.91 Å². The van der Waals surface area contributed by atoms with Gasteiger partial charge in [0.2, 0.25) is 0 Å². The highest BCUT2D eigenvalue weighted by Gasteiger charge is 2.09. The first kappa shape index (κ1) is 15.9. The zero-order valence-electron chi connectivity index (χ0n) is 12.0. The fourth-order valence-corrected chi connectivity index (χ4v) is 2.37. The molecule has 0 bridgehead atoms. The number of nitrogens with one attached hydrogen (secondary N) is 1.